The highest BCUT2D eigenvalue weighted by atomic mass is 32.2. The fourth-order valence-electron chi connectivity index (χ4n) is 7.96. The summed E-state index contributed by atoms with van der Waals surface area (Å²) in [6, 6.07) is 2.74. The van der Waals surface area contributed by atoms with Crippen molar-refractivity contribution in [2.45, 2.75) is 119 Å². The number of thioether (sulfide) groups is 1. The first kappa shape index (κ1) is 40.8. The van der Waals surface area contributed by atoms with Gasteiger partial charge in [0.1, 0.15) is 23.2 Å². The number of hydrogen-bond donors (Lipinski definition) is 5. The minimum Gasteiger partial charge on any atom is -0.384 e. The largest absolute Gasteiger partial charge is 0.384 e. The van der Waals surface area contributed by atoms with Crippen molar-refractivity contribution in [3.8, 4) is 0 Å². The highest BCUT2D eigenvalue weighted by molar-refractivity contribution is 7.99. The van der Waals surface area contributed by atoms with Crippen LogP contribution >= 0.6 is 11.8 Å². The summed E-state index contributed by atoms with van der Waals surface area (Å²) in [5.74, 6) is -2.27. The number of nitrogens with one attached hydrogen (secondary N) is 3. The van der Waals surface area contributed by atoms with E-state index in [-0.39, 0.29) is 42.2 Å². The van der Waals surface area contributed by atoms with E-state index in [0.29, 0.717) is 36.1 Å². The summed E-state index contributed by atoms with van der Waals surface area (Å²) in [6.45, 7) is 3.50. The molecule has 6 N–H and O–H groups in total. The average molecular weight is 801 g/mol. The Morgan fingerprint density at radius 1 is 1.02 bits per heavy atom. The van der Waals surface area contributed by atoms with E-state index in [9.17, 15) is 37.5 Å². The van der Waals surface area contributed by atoms with Crippen LogP contribution in [0.25, 0.3) is 0 Å². The number of sulfonamides is 1. The number of rotatable bonds is 15. The summed E-state index contributed by atoms with van der Waals surface area (Å²) in [4.78, 5) is 69.8. The van der Waals surface area contributed by atoms with Crippen molar-refractivity contribution in [1.29, 1.82) is 0 Å². The summed E-state index contributed by atoms with van der Waals surface area (Å²) >= 11 is 1.59. The van der Waals surface area contributed by atoms with Crippen LogP contribution in [0.15, 0.2) is 35.4 Å². The van der Waals surface area contributed by atoms with Gasteiger partial charge in [0.15, 0.2) is 0 Å². The van der Waals surface area contributed by atoms with E-state index in [2.05, 4.69) is 25.7 Å². The Morgan fingerprint density at radius 2 is 1.69 bits per heavy atom. The number of nitrogens with zero attached hydrogens (tertiary/aromatic N) is 4. The van der Waals surface area contributed by atoms with Crippen LogP contribution in [-0.4, -0.2) is 105 Å². The van der Waals surface area contributed by atoms with Crippen molar-refractivity contribution in [2.75, 3.05) is 24.6 Å². The third kappa shape index (κ3) is 9.57. The zero-order valence-corrected chi connectivity index (χ0v) is 33.0. The lowest BCUT2D eigenvalue weighted by atomic mass is 9.84. The van der Waals surface area contributed by atoms with Gasteiger partial charge >= 0.3 is 0 Å². The van der Waals surface area contributed by atoms with E-state index in [1.54, 1.807) is 25.6 Å². The number of carbonyl (C=O) groups is 5. The van der Waals surface area contributed by atoms with Crippen LogP contribution in [0.4, 0.5) is 0 Å². The summed E-state index contributed by atoms with van der Waals surface area (Å²) in [6.07, 6.45) is 8.95. The van der Waals surface area contributed by atoms with Gasteiger partial charge in [0, 0.05) is 25.1 Å². The summed E-state index contributed by atoms with van der Waals surface area (Å²) < 4.78 is 29.7. The van der Waals surface area contributed by atoms with Gasteiger partial charge in [-0.05, 0) is 93.6 Å². The van der Waals surface area contributed by atoms with Crippen LogP contribution < -0.4 is 21.1 Å². The Hall–Kier alpha value is -3.87. The summed E-state index contributed by atoms with van der Waals surface area (Å²) in [5.41, 5.74) is 3.12. The molecule has 18 heteroatoms. The zero-order valence-electron chi connectivity index (χ0n) is 31.4. The Kier molecular flexibility index (Phi) is 12.4. The second kappa shape index (κ2) is 16.7. The predicted octanol–water partition coefficient (Wildman–Crippen LogP) is 1.54. The molecule has 4 amide bonds. The maximum Gasteiger partial charge on any atom is 0.287 e. The van der Waals surface area contributed by atoms with Crippen LogP contribution in [0.5, 0.6) is 0 Å². The molecular weight excluding hydrogens is 749 g/mol. The van der Waals surface area contributed by atoms with Gasteiger partial charge in [-0.15, -0.1) is 5.10 Å². The van der Waals surface area contributed by atoms with Crippen molar-refractivity contribution in [3.63, 3.8) is 0 Å². The van der Waals surface area contributed by atoms with E-state index >= 15 is 0 Å². The molecule has 0 bridgehead atoms. The third-order valence-electron chi connectivity index (χ3n) is 11.4. The molecule has 1 aromatic heterocycles. The van der Waals surface area contributed by atoms with Gasteiger partial charge in [0.2, 0.25) is 27.6 Å². The maximum absolute atomic E-state index is 14.8. The molecule has 2 saturated heterocycles. The lowest BCUT2D eigenvalue weighted by molar-refractivity contribution is -0.145. The molecule has 300 valence electrons. The van der Waals surface area contributed by atoms with Gasteiger partial charge in [-0.1, -0.05) is 37.3 Å². The first-order chi connectivity index (χ1) is 26.1. The number of hydrogen-bond acceptors (Lipinski definition) is 11. The Balaban J connectivity index is 1.28. The zero-order chi connectivity index (χ0) is 39.5. The molecule has 4 fully saturated rings. The van der Waals surface area contributed by atoms with Crippen LogP contribution in [0, 0.1) is 11.8 Å². The number of Topliss-reactive ketones (excluding diaryl/α,β-unsaturated/α-hetero) is 1. The van der Waals surface area contributed by atoms with Gasteiger partial charge in [-0.25, -0.2) is 17.8 Å². The number of ketones is 1. The first-order valence-corrected chi connectivity index (χ1v) is 21.8. The first-order valence-electron chi connectivity index (χ1n) is 19.2. The number of primary amides is 1. The normalized spacial score (nSPS) is 22.5. The van der Waals surface area contributed by atoms with Gasteiger partial charge in [-0.3, -0.25) is 24.0 Å². The molecule has 3 heterocycles. The highest BCUT2D eigenvalue weighted by Crippen LogP contribution is 2.35. The minimum atomic E-state index is -3.76. The number of likely N-dealkylation sites (tertiary alicyclic amines) is 1. The van der Waals surface area contributed by atoms with Crippen molar-refractivity contribution in [3.05, 3.63) is 41.7 Å². The standard InChI is InChI=1S/C37H52N8O8S2/c1-36(2,51)30-21-39-43-45(30)26-19-29(34(49)42-37(31(46)32(38)47)14-16-54-17-15-37)44(22-26)35(50)28(18-23-6-4-3-5-7-23)41-33(48)25-10-12-27(13-11-25)55(52,53)40-20-24-8-9-24/h10-13,21,23-24,26,28-29,40,51H,3-9,14-20,22H2,1-2H3,(H2,38,47)(H,41,48)(H,42,49)/t26?,28-,29?/m1/s1. The minimum absolute atomic E-state index is 0.0204. The van der Waals surface area contributed by atoms with E-state index in [1.165, 1.54) is 40.0 Å². The SMILES string of the molecule is CC(C)(O)c1cnnn1C1CC(C(=O)NC2(C(=O)C(N)=O)CCSCC2)N(C(=O)[C@@H](CC2CCCCC2)NC(=O)c2ccc(S(=O)(=O)NCC3CC3)cc2)C1. The Labute approximate surface area is 325 Å². The fraction of sp³-hybridized carbons (Fsp3) is 0.649. The topological polar surface area (TPSA) is 236 Å². The molecule has 0 spiro atoms. The highest BCUT2D eigenvalue weighted by Gasteiger charge is 2.49. The molecule has 6 rings (SSSR count). The van der Waals surface area contributed by atoms with Crippen LogP contribution in [0.3, 0.4) is 0 Å². The summed E-state index contributed by atoms with van der Waals surface area (Å²) in [7, 11) is -3.76. The van der Waals surface area contributed by atoms with Gasteiger partial charge < -0.3 is 26.4 Å². The van der Waals surface area contributed by atoms with Crippen LogP contribution in [-0.2, 0) is 34.8 Å². The second-order valence-electron chi connectivity index (χ2n) is 16.0. The number of nitrogens with two attached hydrogens (primary N) is 1. The van der Waals surface area contributed by atoms with E-state index in [1.807, 2.05) is 0 Å². The molecule has 2 saturated carbocycles. The van der Waals surface area contributed by atoms with Gasteiger partial charge in [-0.2, -0.15) is 11.8 Å². The average Bonchev–Trinajstić information content (AvgIpc) is 3.65. The van der Waals surface area contributed by atoms with E-state index < -0.39 is 68.7 Å². The molecule has 2 aromatic rings. The lowest BCUT2D eigenvalue weighted by Crippen LogP contribution is -2.63. The smallest absolute Gasteiger partial charge is 0.287 e. The molecule has 0 radical (unpaired) electrons. The van der Waals surface area contributed by atoms with Crippen molar-refractivity contribution < 1.29 is 37.5 Å². The molecule has 2 aliphatic heterocycles. The number of carbonyl (C=O) groups excluding carboxylic acids is 5. The van der Waals surface area contributed by atoms with E-state index in [4.69, 9.17) is 5.73 Å². The molecule has 55 heavy (non-hydrogen) atoms. The molecule has 2 unspecified atom stereocenters. The van der Waals surface area contributed by atoms with Crippen LogP contribution in [0.2, 0.25) is 0 Å². The molecule has 1 aromatic carbocycles. The number of aliphatic hydroxyl groups is 1. The monoisotopic (exact) mass is 800 g/mol. The third-order valence-corrected chi connectivity index (χ3v) is 13.8. The number of aromatic nitrogens is 3. The van der Waals surface area contributed by atoms with Gasteiger partial charge in [0.25, 0.3) is 11.8 Å². The van der Waals surface area contributed by atoms with E-state index in [0.717, 1.165) is 44.9 Å². The fourth-order valence-corrected chi connectivity index (χ4v) is 10.3. The second-order valence-corrected chi connectivity index (χ2v) is 19.0. The van der Waals surface area contributed by atoms with Crippen molar-refractivity contribution in [2.24, 2.45) is 17.6 Å². The van der Waals surface area contributed by atoms with Crippen LogP contribution in [0.1, 0.15) is 107 Å². The quantitative estimate of drug-likeness (QED) is 0.162. The Morgan fingerprint density at radius 3 is 2.31 bits per heavy atom. The molecule has 2 aliphatic carbocycles. The predicted molar refractivity (Wildman–Crippen MR) is 203 cm³/mol. The van der Waals surface area contributed by atoms with Gasteiger partial charge in [0.05, 0.1) is 22.8 Å². The molecule has 16 nitrogen and oxygen atoms in total. The number of benzene rings is 1. The molecular formula is C37H52N8O8S2. The lowest BCUT2D eigenvalue weighted by Gasteiger charge is -2.37. The number of amides is 4. The molecule has 4 aliphatic rings. The molecule has 3 atom stereocenters. The Bertz CT molecular complexity index is 1860. The van der Waals surface area contributed by atoms with Crippen molar-refractivity contribution in [1.82, 2.24) is 35.2 Å². The summed E-state index contributed by atoms with van der Waals surface area (Å²) in [5, 5.41) is 24.9. The maximum atomic E-state index is 14.8. The van der Waals surface area contributed by atoms with Crippen molar-refractivity contribution >= 4 is 51.2 Å².